The van der Waals surface area contributed by atoms with Crippen LogP contribution in [0.2, 0.25) is 0 Å². The van der Waals surface area contributed by atoms with Crippen LogP contribution in [0, 0.1) is 0 Å². The van der Waals surface area contributed by atoms with Crippen molar-refractivity contribution in [3.8, 4) is 0 Å². The second kappa shape index (κ2) is 11.3. The summed E-state index contributed by atoms with van der Waals surface area (Å²) in [7, 11) is -10.5. The van der Waals surface area contributed by atoms with Gasteiger partial charge in [0, 0.05) is 12.4 Å². The minimum Gasteiger partial charge on any atom is -0.761 e. The van der Waals surface area contributed by atoms with E-state index < -0.39 is 52.3 Å². The smallest absolute Gasteiger partial charge is 0.761 e. The summed E-state index contributed by atoms with van der Waals surface area (Å²) in [5.41, 5.74) is 4.68. The molecule has 4 rings (SSSR count). The molecular formula is C13H15N7Na2O10P2. The van der Waals surface area contributed by atoms with Crippen molar-refractivity contribution in [3.05, 3.63) is 35.4 Å². The van der Waals surface area contributed by atoms with Gasteiger partial charge in [0.15, 0.2) is 17.4 Å². The van der Waals surface area contributed by atoms with E-state index in [0.717, 1.165) is 29.6 Å². The van der Waals surface area contributed by atoms with Gasteiger partial charge in [0.2, 0.25) is 13.7 Å². The standard InChI is InChI=1S/C13H17N7O10P2.2Na/c14-13-17-10-7(11(23)18-13)16-5-20(10)12-9(22)8(21)6(29-12)3-28-32(26,27)30-31(24,25)19-2-1-15-4-19;;/h1-2,4-6,8-9,12,21-22H,3H2,(H,24,25)(H,26,27)(H3,14,17,18,23);;/q;2*+1/p-2/t6-,8?,9+,12-;;/m1../s1. The summed E-state index contributed by atoms with van der Waals surface area (Å²) >= 11 is 0. The molecule has 1 fully saturated rings. The van der Waals surface area contributed by atoms with E-state index in [1.165, 1.54) is 0 Å². The molecule has 174 valence electrons. The molecule has 0 amide bonds. The Labute approximate surface area is 234 Å². The molecule has 4 heterocycles. The molecule has 0 spiro atoms. The van der Waals surface area contributed by atoms with Crippen molar-refractivity contribution in [2.24, 2.45) is 0 Å². The first-order valence-corrected chi connectivity index (χ1v) is 11.6. The van der Waals surface area contributed by atoms with Crippen LogP contribution >= 0.6 is 15.6 Å². The zero-order valence-electron chi connectivity index (χ0n) is 17.7. The molecule has 3 unspecified atom stereocenters. The second-order valence-corrected chi connectivity index (χ2v) is 9.76. The molecule has 3 aromatic rings. The molecule has 0 radical (unpaired) electrons. The van der Waals surface area contributed by atoms with Crippen molar-refractivity contribution < 1.29 is 102 Å². The minimum absolute atomic E-state index is 0. The molecule has 5 N–H and O–H groups in total. The number of rotatable bonds is 7. The predicted molar refractivity (Wildman–Crippen MR) is 98.4 cm³/mol. The Hall–Kier alpha value is -0.460. The third-order valence-corrected chi connectivity index (χ3v) is 7.33. The van der Waals surface area contributed by atoms with Crippen molar-refractivity contribution >= 4 is 32.7 Å². The number of aromatic nitrogens is 6. The molecule has 34 heavy (non-hydrogen) atoms. The quantitative estimate of drug-likeness (QED) is 0.161. The Kier molecular flexibility index (Phi) is 9.89. The summed E-state index contributed by atoms with van der Waals surface area (Å²) in [5, 5.41) is 20.6. The van der Waals surface area contributed by atoms with Gasteiger partial charge in [-0.25, -0.2) is 9.97 Å². The third-order valence-electron chi connectivity index (χ3n) is 4.44. The second-order valence-electron chi connectivity index (χ2n) is 6.56. The number of hydrogen-bond acceptors (Lipinski definition) is 14. The van der Waals surface area contributed by atoms with E-state index in [4.69, 9.17) is 10.5 Å². The van der Waals surface area contributed by atoms with E-state index in [9.17, 15) is 33.9 Å². The van der Waals surface area contributed by atoms with E-state index in [1.807, 2.05) is 0 Å². The van der Waals surface area contributed by atoms with E-state index in [-0.39, 0.29) is 76.2 Å². The molecule has 1 aliphatic rings. The number of H-pyrrole nitrogens is 1. The SMILES string of the molecule is Nc1nc2c(ncn2[C@@H]2O[C@H](COP(=O)([O-])OP(=O)([O-])n3ccnc3)C(O)[C@@H]2O)c(=O)[nH]1.[Na+].[Na+]. The van der Waals surface area contributed by atoms with Crippen LogP contribution in [0.25, 0.3) is 11.2 Å². The van der Waals surface area contributed by atoms with Crippen LogP contribution in [0.5, 0.6) is 0 Å². The molecule has 17 nitrogen and oxygen atoms in total. The van der Waals surface area contributed by atoms with Crippen LogP contribution in [-0.4, -0.2) is 64.0 Å². The molecule has 0 bridgehead atoms. The Morgan fingerprint density at radius 1 is 1.24 bits per heavy atom. The number of fused-ring (bicyclic) bond motifs is 1. The maximum Gasteiger partial charge on any atom is 1.00 e. The molecule has 21 heteroatoms. The Bertz CT molecular complexity index is 1290. The van der Waals surface area contributed by atoms with Crippen LogP contribution in [0.1, 0.15) is 6.23 Å². The fourth-order valence-corrected chi connectivity index (χ4v) is 5.26. The molecule has 3 aromatic heterocycles. The van der Waals surface area contributed by atoms with E-state index in [2.05, 4.69) is 28.8 Å². The van der Waals surface area contributed by atoms with Gasteiger partial charge in [0.25, 0.3) is 13.4 Å². The molecule has 0 aliphatic carbocycles. The van der Waals surface area contributed by atoms with Gasteiger partial charge in [-0.05, 0) is 0 Å². The van der Waals surface area contributed by atoms with Crippen LogP contribution in [0.3, 0.4) is 0 Å². The number of ether oxygens (including phenoxy) is 1. The Balaban J connectivity index is 0.00000204. The number of imidazole rings is 2. The number of aliphatic hydroxyl groups excluding tert-OH is 2. The minimum atomic E-state index is -5.43. The number of nitrogens with one attached hydrogen (secondary N) is 1. The summed E-state index contributed by atoms with van der Waals surface area (Å²) < 4.78 is 39.5. The molecule has 6 atom stereocenters. The topological polar surface area (TPSA) is 256 Å². The number of aliphatic hydroxyl groups is 2. The number of phosphoric acid groups is 1. The summed E-state index contributed by atoms with van der Waals surface area (Å²) in [6, 6.07) is 0. The molecule has 0 aromatic carbocycles. The zero-order chi connectivity index (χ0) is 23.3. The van der Waals surface area contributed by atoms with Gasteiger partial charge in [-0.3, -0.25) is 32.1 Å². The van der Waals surface area contributed by atoms with Crippen molar-refractivity contribution in [3.63, 3.8) is 0 Å². The van der Waals surface area contributed by atoms with Gasteiger partial charge in [0.05, 0.1) is 12.9 Å². The summed E-state index contributed by atoms with van der Waals surface area (Å²) in [6.45, 7) is -0.901. The Morgan fingerprint density at radius 3 is 2.59 bits per heavy atom. The summed E-state index contributed by atoms with van der Waals surface area (Å²) in [4.78, 5) is 49.2. The summed E-state index contributed by atoms with van der Waals surface area (Å²) in [5.74, 6) is -0.235. The fourth-order valence-electron chi connectivity index (χ4n) is 2.98. The maximum atomic E-state index is 11.9. The number of nitrogens with zero attached hydrogens (tertiary/aromatic N) is 5. The van der Waals surface area contributed by atoms with Gasteiger partial charge >= 0.3 is 59.1 Å². The maximum absolute atomic E-state index is 11.9. The van der Waals surface area contributed by atoms with Crippen LogP contribution in [-0.2, 0) is 22.7 Å². The van der Waals surface area contributed by atoms with Gasteiger partial charge in [-0.15, -0.1) is 0 Å². The van der Waals surface area contributed by atoms with Crippen LogP contribution in [0.15, 0.2) is 29.8 Å². The molecule has 1 aliphatic heterocycles. The van der Waals surface area contributed by atoms with Gasteiger partial charge in [0.1, 0.15) is 24.6 Å². The number of hydrogen-bond donors (Lipinski definition) is 4. The van der Waals surface area contributed by atoms with Gasteiger partial charge < -0.3 is 35.0 Å². The molecule has 0 saturated carbocycles. The molecular weight excluding hydrogens is 522 g/mol. The number of phosphoric ester groups is 1. The van der Waals surface area contributed by atoms with E-state index in [1.54, 1.807) is 0 Å². The first-order valence-electron chi connectivity index (χ1n) is 8.69. The van der Waals surface area contributed by atoms with Gasteiger partial charge in [-0.1, -0.05) is 0 Å². The predicted octanol–water partition coefficient (Wildman–Crippen LogP) is -8.96. The average molecular weight is 537 g/mol. The first-order chi connectivity index (χ1) is 15.0. The number of aromatic amines is 1. The van der Waals surface area contributed by atoms with Crippen molar-refractivity contribution in [1.82, 2.24) is 28.8 Å². The zero-order valence-corrected chi connectivity index (χ0v) is 23.5. The largest absolute Gasteiger partial charge is 1.00 e. The summed E-state index contributed by atoms with van der Waals surface area (Å²) in [6.07, 6.45) is -2.12. The normalized spacial score (nSPS) is 25.8. The Morgan fingerprint density at radius 2 is 1.94 bits per heavy atom. The van der Waals surface area contributed by atoms with Gasteiger partial charge in [-0.2, -0.15) is 4.98 Å². The number of nitrogens with two attached hydrogens (primary N) is 1. The van der Waals surface area contributed by atoms with E-state index >= 15 is 0 Å². The van der Waals surface area contributed by atoms with Crippen molar-refractivity contribution in [2.45, 2.75) is 24.5 Å². The van der Waals surface area contributed by atoms with Crippen molar-refractivity contribution in [1.29, 1.82) is 0 Å². The van der Waals surface area contributed by atoms with Crippen LogP contribution in [0.4, 0.5) is 5.95 Å². The first kappa shape index (κ1) is 29.8. The van der Waals surface area contributed by atoms with Crippen molar-refractivity contribution in [2.75, 3.05) is 12.3 Å². The van der Waals surface area contributed by atoms with Crippen LogP contribution < -0.4 is 80.2 Å². The fraction of sp³-hybridized carbons (Fsp3) is 0.385. The number of anilines is 1. The third kappa shape index (κ3) is 6.08. The number of nitrogen functional groups attached to an aromatic ring is 1. The van der Waals surface area contributed by atoms with E-state index in [0.29, 0.717) is 4.34 Å². The molecule has 1 saturated heterocycles. The monoisotopic (exact) mass is 537 g/mol. The average Bonchev–Trinajstić information content (AvgIpc) is 3.41.